The molecule has 0 saturated heterocycles. The molecule has 2 heterocycles. The predicted octanol–water partition coefficient (Wildman–Crippen LogP) is 1.21. The molecule has 3 rings (SSSR count). The highest BCUT2D eigenvalue weighted by Crippen LogP contribution is 2.37. The first-order chi connectivity index (χ1) is 9.72. The van der Waals surface area contributed by atoms with Crippen molar-refractivity contribution in [2.24, 2.45) is 0 Å². The third-order valence-electron chi connectivity index (χ3n) is 3.19. The summed E-state index contributed by atoms with van der Waals surface area (Å²) in [5.41, 5.74) is -0.104. The third kappa shape index (κ3) is 2.96. The van der Waals surface area contributed by atoms with E-state index in [1.54, 1.807) is 12.3 Å². The van der Waals surface area contributed by atoms with Gasteiger partial charge in [0.15, 0.2) is 0 Å². The Balaban J connectivity index is 1.63. The van der Waals surface area contributed by atoms with Crippen molar-refractivity contribution in [2.45, 2.75) is 25.2 Å². The highest BCUT2D eigenvalue weighted by Gasteiger charge is 2.27. The number of furan rings is 1. The molecule has 0 aromatic carbocycles. The first-order valence-corrected chi connectivity index (χ1v) is 6.64. The van der Waals surface area contributed by atoms with Gasteiger partial charge < -0.3 is 14.7 Å². The van der Waals surface area contributed by atoms with Gasteiger partial charge in [0, 0.05) is 24.9 Å². The summed E-state index contributed by atoms with van der Waals surface area (Å²) in [5, 5.41) is 2.74. The normalized spacial score (nSPS) is 14.2. The van der Waals surface area contributed by atoms with Gasteiger partial charge in [0.2, 0.25) is 0 Å². The van der Waals surface area contributed by atoms with Crippen LogP contribution in [0, 0.1) is 0 Å². The molecule has 6 nitrogen and oxygen atoms in total. The van der Waals surface area contributed by atoms with E-state index >= 15 is 0 Å². The number of carbonyl (C=O) groups is 1. The highest BCUT2D eigenvalue weighted by molar-refractivity contribution is 5.92. The first-order valence-electron chi connectivity index (χ1n) is 6.64. The van der Waals surface area contributed by atoms with Crippen LogP contribution in [-0.2, 0) is 6.42 Å². The molecule has 0 unspecified atom stereocenters. The van der Waals surface area contributed by atoms with Crippen molar-refractivity contribution in [3.8, 4) is 0 Å². The van der Waals surface area contributed by atoms with E-state index in [9.17, 15) is 9.59 Å². The van der Waals surface area contributed by atoms with Crippen LogP contribution < -0.4 is 10.9 Å². The van der Waals surface area contributed by atoms with E-state index in [0.29, 0.717) is 24.7 Å². The first kappa shape index (κ1) is 12.7. The fourth-order valence-corrected chi connectivity index (χ4v) is 1.99. The van der Waals surface area contributed by atoms with Crippen molar-refractivity contribution < 1.29 is 9.21 Å². The molecule has 1 fully saturated rings. The summed E-state index contributed by atoms with van der Waals surface area (Å²) in [6, 6.07) is 4.88. The Labute approximate surface area is 115 Å². The predicted molar refractivity (Wildman–Crippen MR) is 71.6 cm³/mol. The second-order valence-electron chi connectivity index (χ2n) is 4.88. The van der Waals surface area contributed by atoms with Crippen LogP contribution >= 0.6 is 0 Å². The van der Waals surface area contributed by atoms with Crippen LogP contribution in [0.15, 0.2) is 33.7 Å². The fraction of sp³-hybridized carbons (Fsp3) is 0.357. The summed E-state index contributed by atoms with van der Waals surface area (Å²) in [6.45, 7) is 0.444. The van der Waals surface area contributed by atoms with E-state index in [1.807, 2.05) is 6.07 Å². The molecule has 2 aromatic rings. The Hall–Kier alpha value is -2.37. The Morgan fingerprint density at radius 2 is 2.35 bits per heavy atom. The molecule has 0 spiro atoms. The second kappa shape index (κ2) is 5.32. The topological polar surface area (TPSA) is 88.0 Å². The van der Waals surface area contributed by atoms with Crippen LogP contribution in [0.5, 0.6) is 0 Å². The molecule has 6 heteroatoms. The SMILES string of the molecule is O=C(NCCc1ccco1)c1cc(=O)[nH]c(C2CC2)n1. The second-order valence-corrected chi connectivity index (χ2v) is 4.88. The lowest BCUT2D eigenvalue weighted by Gasteiger charge is -2.04. The zero-order valence-electron chi connectivity index (χ0n) is 10.9. The summed E-state index contributed by atoms with van der Waals surface area (Å²) in [6.07, 6.45) is 4.24. The van der Waals surface area contributed by atoms with E-state index < -0.39 is 0 Å². The summed E-state index contributed by atoms with van der Waals surface area (Å²) >= 11 is 0. The summed E-state index contributed by atoms with van der Waals surface area (Å²) in [5.74, 6) is 1.40. The van der Waals surface area contributed by atoms with Crippen molar-refractivity contribution in [1.29, 1.82) is 0 Å². The van der Waals surface area contributed by atoms with Crippen LogP contribution in [0.2, 0.25) is 0 Å². The van der Waals surface area contributed by atoms with E-state index in [1.165, 1.54) is 6.07 Å². The van der Waals surface area contributed by atoms with Gasteiger partial charge in [-0.05, 0) is 25.0 Å². The van der Waals surface area contributed by atoms with Gasteiger partial charge in [-0.2, -0.15) is 0 Å². The standard InChI is InChI=1S/C14H15N3O3/c18-12-8-11(16-13(17-12)9-3-4-9)14(19)15-6-5-10-2-1-7-20-10/h1-2,7-9H,3-6H2,(H,15,19)(H,16,17,18). The molecule has 1 aliphatic carbocycles. The quantitative estimate of drug-likeness (QED) is 0.857. The number of hydrogen-bond donors (Lipinski definition) is 2. The summed E-state index contributed by atoms with van der Waals surface area (Å²) in [7, 11) is 0. The minimum Gasteiger partial charge on any atom is -0.469 e. The van der Waals surface area contributed by atoms with E-state index in [-0.39, 0.29) is 17.2 Å². The molecule has 0 bridgehead atoms. The molecule has 1 amide bonds. The molecular weight excluding hydrogens is 258 g/mol. The number of amides is 1. The lowest BCUT2D eigenvalue weighted by molar-refractivity contribution is 0.0948. The van der Waals surface area contributed by atoms with E-state index in [4.69, 9.17) is 4.42 Å². The van der Waals surface area contributed by atoms with Gasteiger partial charge in [0.05, 0.1) is 6.26 Å². The number of nitrogens with zero attached hydrogens (tertiary/aromatic N) is 1. The molecule has 0 aliphatic heterocycles. The largest absolute Gasteiger partial charge is 0.469 e. The monoisotopic (exact) mass is 273 g/mol. The van der Waals surface area contributed by atoms with Crippen molar-refractivity contribution in [2.75, 3.05) is 6.54 Å². The van der Waals surface area contributed by atoms with Gasteiger partial charge in [-0.15, -0.1) is 0 Å². The number of rotatable bonds is 5. The minimum atomic E-state index is -0.329. The Morgan fingerprint density at radius 3 is 3.05 bits per heavy atom. The molecule has 104 valence electrons. The van der Waals surface area contributed by atoms with Crippen molar-refractivity contribution >= 4 is 5.91 Å². The zero-order valence-corrected chi connectivity index (χ0v) is 10.9. The van der Waals surface area contributed by atoms with Gasteiger partial charge in [-0.25, -0.2) is 4.98 Å². The fourth-order valence-electron chi connectivity index (χ4n) is 1.99. The number of nitrogens with one attached hydrogen (secondary N) is 2. The average Bonchev–Trinajstić information content (AvgIpc) is 3.16. The van der Waals surface area contributed by atoms with Crippen molar-refractivity contribution in [3.63, 3.8) is 0 Å². The summed E-state index contributed by atoms with van der Waals surface area (Å²) < 4.78 is 5.18. The van der Waals surface area contributed by atoms with Crippen molar-refractivity contribution in [3.05, 3.63) is 52.1 Å². The number of H-pyrrole nitrogens is 1. The molecule has 2 N–H and O–H groups in total. The van der Waals surface area contributed by atoms with Crippen molar-refractivity contribution in [1.82, 2.24) is 15.3 Å². The number of hydrogen-bond acceptors (Lipinski definition) is 4. The maximum atomic E-state index is 12.0. The lowest BCUT2D eigenvalue weighted by atomic mass is 10.3. The van der Waals surface area contributed by atoms with Crippen LogP contribution in [0.3, 0.4) is 0 Å². The Bertz CT molecular complexity index is 657. The lowest BCUT2D eigenvalue weighted by Crippen LogP contribution is -2.28. The van der Waals surface area contributed by atoms with Gasteiger partial charge >= 0.3 is 0 Å². The molecule has 2 aromatic heterocycles. The van der Waals surface area contributed by atoms with Crippen LogP contribution in [0.4, 0.5) is 0 Å². The van der Waals surface area contributed by atoms with Crippen LogP contribution in [0.25, 0.3) is 0 Å². The average molecular weight is 273 g/mol. The minimum absolute atomic E-state index is 0.176. The highest BCUT2D eigenvalue weighted by atomic mass is 16.3. The maximum absolute atomic E-state index is 12.0. The van der Waals surface area contributed by atoms with Gasteiger partial charge in [-0.3, -0.25) is 9.59 Å². The summed E-state index contributed by atoms with van der Waals surface area (Å²) in [4.78, 5) is 30.4. The Kier molecular flexibility index (Phi) is 3.37. The molecule has 0 atom stereocenters. The van der Waals surface area contributed by atoms with Gasteiger partial charge in [0.25, 0.3) is 11.5 Å². The van der Waals surface area contributed by atoms with E-state index in [2.05, 4.69) is 15.3 Å². The zero-order chi connectivity index (χ0) is 13.9. The van der Waals surface area contributed by atoms with E-state index in [0.717, 1.165) is 18.6 Å². The number of carbonyl (C=O) groups excluding carboxylic acids is 1. The smallest absolute Gasteiger partial charge is 0.270 e. The molecular formula is C14H15N3O3. The molecule has 0 radical (unpaired) electrons. The maximum Gasteiger partial charge on any atom is 0.270 e. The van der Waals surface area contributed by atoms with Gasteiger partial charge in [-0.1, -0.05) is 0 Å². The molecule has 1 aliphatic rings. The third-order valence-corrected chi connectivity index (χ3v) is 3.19. The van der Waals surface area contributed by atoms with Crippen LogP contribution in [0.1, 0.15) is 40.8 Å². The van der Waals surface area contributed by atoms with Gasteiger partial charge in [0.1, 0.15) is 17.3 Å². The number of aromatic nitrogens is 2. The Morgan fingerprint density at radius 1 is 1.50 bits per heavy atom. The number of aromatic amines is 1. The molecule has 1 saturated carbocycles. The van der Waals surface area contributed by atoms with Crippen LogP contribution in [-0.4, -0.2) is 22.4 Å². The molecule has 20 heavy (non-hydrogen) atoms.